The van der Waals surface area contributed by atoms with Gasteiger partial charge in [0.05, 0.1) is 30.3 Å². The maximum absolute atomic E-state index is 13.7. The first kappa shape index (κ1) is 26.4. The molecule has 3 aromatic rings. The maximum Gasteiger partial charge on any atom is 0.253 e. The van der Waals surface area contributed by atoms with Gasteiger partial charge >= 0.3 is 0 Å². The summed E-state index contributed by atoms with van der Waals surface area (Å²) in [5.41, 5.74) is 6.41. The maximum atomic E-state index is 13.7. The molecule has 0 aromatic heterocycles. The highest BCUT2D eigenvalue weighted by Crippen LogP contribution is 2.44. The second-order valence-electron chi connectivity index (χ2n) is 8.88. The third-order valence-electron chi connectivity index (χ3n) is 6.10. The van der Waals surface area contributed by atoms with E-state index >= 15 is 0 Å². The average Bonchev–Trinajstić information content (AvgIpc) is 2.87. The number of methoxy groups -OCH3 is 1. The highest BCUT2D eigenvalue weighted by atomic mass is 35.5. The Morgan fingerprint density at radius 1 is 1.08 bits per heavy atom. The summed E-state index contributed by atoms with van der Waals surface area (Å²) < 4.78 is 5.41. The zero-order valence-electron chi connectivity index (χ0n) is 21.2. The number of thioether (sulfide) groups is 1. The van der Waals surface area contributed by atoms with Gasteiger partial charge in [0.1, 0.15) is 5.75 Å². The van der Waals surface area contributed by atoms with E-state index in [4.69, 9.17) is 22.9 Å². The lowest BCUT2D eigenvalue weighted by Gasteiger charge is -2.30. The lowest BCUT2D eigenvalue weighted by Crippen LogP contribution is -2.30. The van der Waals surface area contributed by atoms with Gasteiger partial charge in [0.2, 0.25) is 5.70 Å². The number of carbonyl (C=O) groups excluding carboxylic acids is 1. The Hall–Kier alpha value is -3.66. The average molecular weight is 530 g/mol. The Labute approximate surface area is 227 Å². The predicted octanol–water partition coefficient (Wildman–Crippen LogP) is 7.59. The Morgan fingerprint density at radius 2 is 1.76 bits per heavy atom. The standard InChI is InChI=1S/C30H28ClN3O2S/c1-18-14-19(2)16-21(15-18)17-37-30-28(32-4)27(22-10-6-7-11-23(22)31)26(20(3)33-30)29(35)34-24-12-8-9-13-25(24)36-5/h6-16,27,33H,17H2,1-3,5H3,(H,34,35). The van der Waals surface area contributed by atoms with Crippen molar-refractivity contribution in [1.82, 2.24) is 5.32 Å². The van der Waals surface area contributed by atoms with Crippen molar-refractivity contribution in [1.29, 1.82) is 0 Å². The van der Waals surface area contributed by atoms with Crippen molar-refractivity contribution < 1.29 is 9.53 Å². The predicted molar refractivity (Wildman–Crippen MR) is 152 cm³/mol. The fraction of sp³-hybridized carbons (Fsp3) is 0.200. The molecule has 4 rings (SSSR count). The Balaban J connectivity index is 1.75. The number of rotatable bonds is 7. The number of nitrogens with one attached hydrogen (secondary N) is 2. The fourth-order valence-electron chi connectivity index (χ4n) is 4.57. The summed E-state index contributed by atoms with van der Waals surface area (Å²) >= 11 is 8.19. The Kier molecular flexibility index (Phi) is 8.27. The Morgan fingerprint density at radius 3 is 2.43 bits per heavy atom. The monoisotopic (exact) mass is 529 g/mol. The van der Waals surface area contributed by atoms with Crippen LogP contribution >= 0.6 is 23.4 Å². The van der Waals surface area contributed by atoms with E-state index in [1.54, 1.807) is 37.1 Å². The first-order valence-electron chi connectivity index (χ1n) is 11.8. The number of ether oxygens (including phenoxy) is 1. The van der Waals surface area contributed by atoms with E-state index in [-0.39, 0.29) is 5.91 Å². The van der Waals surface area contributed by atoms with Crippen molar-refractivity contribution in [2.45, 2.75) is 32.4 Å². The molecule has 0 radical (unpaired) electrons. The summed E-state index contributed by atoms with van der Waals surface area (Å²) in [6.07, 6.45) is 0. The highest BCUT2D eigenvalue weighted by molar-refractivity contribution is 8.02. The van der Waals surface area contributed by atoms with Crippen molar-refractivity contribution >= 4 is 35.0 Å². The largest absolute Gasteiger partial charge is 0.495 e. The van der Waals surface area contributed by atoms with E-state index < -0.39 is 5.92 Å². The molecular weight excluding hydrogens is 502 g/mol. The first-order valence-corrected chi connectivity index (χ1v) is 13.2. The molecule has 0 aliphatic carbocycles. The van der Waals surface area contributed by atoms with Crippen LogP contribution in [0, 0.1) is 20.4 Å². The molecule has 3 aromatic carbocycles. The third-order valence-corrected chi connectivity index (χ3v) is 7.52. The lowest BCUT2D eigenvalue weighted by molar-refractivity contribution is -0.113. The summed E-state index contributed by atoms with van der Waals surface area (Å²) in [4.78, 5) is 17.7. The van der Waals surface area contributed by atoms with Crippen LogP contribution in [0.5, 0.6) is 5.75 Å². The highest BCUT2D eigenvalue weighted by Gasteiger charge is 2.36. The summed E-state index contributed by atoms with van der Waals surface area (Å²) in [5.74, 6) is 0.301. The van der Waals surface area contributed by atoms with E-state index in [0.717, 1.165) is 5.03 Å². The summed E-state index contributed by atoms with van der Waals surface area (Å²) in [5, 5.41) is 7.56. The van der Waals surface area contributed by atoms with Crippen LogP contribution in [-0.2, 0) is 10.5 Å². The van der Waals surface area contributed by atoms with Gasteiger partial charge in [-0.2, -0.15) is 0 Å². The van der Waals surface area contributed by atoms with Gasteiger partial charge in [-0.05, 0) is 50.1 Å². The second kappa shape index (κ2) is 11.6. The van der Waals surface area contributed by atoms with E-state index in [1.807, 2.05) is 37.3 Å². The molecule has 1 unspecified atom stereocenters. The zero-order valence-corrected chi connectivity index (χ0v) is 22.8. The minimum absolute atomic E-state index is 0.320. The number of para-hydroxylation sites is 2. The van der Waals surface area contributed by atoms with Crippen LogP contribution in [-0.4, -0.2) is 13.0 Å². The van der Waals surface area contributed by atoms with Crippen molar-refractivity contribution in [3.05, 3.63) is 127 Å². The molecule has 1 aliphatic heterocycles. The van der Waals surface area contributed by atoms with Crippen LogP contribution in [0.1, 0.15) is 35.1 Å². The molecule has 37 heavy (non-hydrogen) atoms. The molecule has 1 heterocycles. The number of nitrogens with zero attached hydrogens (tertiary/aromatic N) is 1. The van der Waals surface area contributed by atoms with Gasteiger partial charge in [-0.25, -0.2) is 4.85 Å². The Bertz CT molecular complexity index is 1430. The van der Waals surface area contributed by atoms with Crippen LogP contribution in [0.3, 0.4) is 0 Å². The third kappa shape index (κ3) is 5.85. The number of amides is 1. The lowest BCUT2D eigenvalue weighted by atomic mass is 9.85. The molecule has 188 valence electrons. The molecule has 0 saturated carbocycles. The van der Waals surface area contributed by atoms with Gasteiger partial charge in [-0.1, -0.05) is 71.3 Å². The molecule has 1 amide bonds. The normalized spacial score (nSPS) is 15.2. The number of carbonyl (C=O) groups is 1. The van der Waals surface area contributed by atoms with E-state index in [0.29, 0.717) is 44.7 Å². The zero-order chi connectivity index (χ0) is 26.5. The number of halogens is 1. The minimum atomic E-state index is -0.621. The molecule has 0 spiro atoms. The molecule has 5 nitrogen and oxygen atoms in total. The molecule has 1 atom stereocenters. The molecule has 0 saturated heterocycles. The van der Waals surface area contributed by atoms with Crippen LogP contribution < -0.4 is 15.4 Å². The number of hydrogen-bond acceptors (Lipinski definition) is 4. The topological polar surface area (TPSA) is 54.7 Å². The number of allylic oxidation sites excluding steroid dienone is 2. The van der Waals surface area contributed by atoms with Gasteiger partial charge in [-0.3, -0.25) is 4.79 Å². The van der Waals surface area contributed by atoms with E-state index in [1.165, 1.54) is 16.7 Å². The van der Waals surface area contributed by atoms with Gasteiger partial charge in [-0.15, -0.1) is 11.8 Å². The van der Waals surface area contributed by atoms with Crippen LogP contribution in [0.15, 0.2) is 88.7 Å². The molecule has 1 aliphatic rings. The molecule has 7 heteroatoms. The summed E-state index contributed by atoms with van der Waals surface area (Å²) in [6, 6.07) is 21.1. The molecule has 0 bridgehead atoms. The SMILES string of the molecule is [C-]#[N+]C1=C(SCc2cc(C)cc(C)c2)NC(C)=C(C(=O)Nc2ccccc2OC)C1c1ccccc1Cl. The molecular formula is C30H28ClN3O2S. The first-order chi connectivity index (χ1) is 17.8. The smallest absolute Gasteiger partial charge is 0.253 e. The van der Waals surface area contributed by atoms with E-state index in [2.05, 4.69) is 47.5 Å². The number of benzene rings is 3. The van der Waals surface area contributed by atoms with Gasteiger partial charge in [0.15, 0.2) is 0 Å². The molecule has 0 fully saturated rings. The number of aryl methyl sites for hydroxylation is 2. The minimum Gasteiger partial charge on any atom is -0.495 e. The van der Waals surface area contributed by atoms with Crippen LogP contribution in [0.25, 0.3) is 4.85 Å². The second-order valence-corrected chi connectivity index (χ2v) is 10.3. The van der Waals surface area contributed by atoms with Crippen molar-refractivity contribution in [2.24, 2.45) is 0 Å². The van der Waals surface area contributed by atoms with Gasteiger partial charge < -0.3 is 15.4 Å². The van der Waals surface area contributed by atoms with Crippen molar-refractivity contribution in [2.75, 3.05) is 12.4 Å². The van der Waals surface area contributed by atoms with Gasteiger partial charge in [0, 0.05) is 22.0 Å². The van der Waals surface area contributed by atoms with Crippen molar-refractivity contribution in [3.63, 3.8) is 0 Å². The van der Waals surface area contributed by atoms with Crippen LogP contribution in [0.4, 0.5) is 5.69 Å². The summed E-state index contributed by atoms with van der Waals surface area (Å²) in [6.45, 7) is 14.1. The van der Waals surface area contributed by atoms with Gasteiger partial charge in [0.25, 0.3) is 5.91 Å². The van der Waals surface area contributed by atoms with Crippen LogP contribution in [0.2, 0.25) is 5.02 Å². The molecule has 2 N–H and O–H groups in total. The number of dihydropyridines is 1. The van der Waals surface area contributed by atoms with E-state index in [9.17, 15) is 4.79 Å². The number of hydrogen-bond donors (Lipinski definition) is 2. The fourth-order valence-corrected chi connectivity index (χ4v) is 5.83. The quantitative estimate of drug-likeness (QED) is 0.310. The summed E-state index contributed by atoms with van der Waals surface area (Å²) in [7, 11) is 1.56. The number of anilines is 1. The van der Waals surface area contributed by atoms with Crippen molar-refractivity contribution in [3.8, 4) is 5.75 Å².